The number of nitrogens with zero attached hydrogens (tertiary/aromatic N) is 1. The number of hydrogen-bond acceptors (Lipinski definition) is 6. The minimum absolute atomic E-state index is 0.0759. The summed E-state index contributed by atoms with van der Waals surface area (Å²) in [6, 6.07) is 16.8. The van der Waals surface area contributed by atoms with Gasteiger partial charge in [-0.1, -0.05) is 81.4 Å². The van der Waals surface area contributed by atoms with Crippen LogP contribution in [0, 0.1) is 5.41 Å². The summed E-state index contributed by atoms with van der Waals surface area (Å²) in [6.45, 7) is 5.57. The third-order valence-electron chi connectivity index (χ3n) is 5.54. The molecule has 0 heterocycles. The van der Waals surface area contributed by atoms with E-state index in [2.05, 4.69) is 20.8 Å². The topological polar surface area (TPSA) is 140 Å². The molecule has 3 amide bonds. The molecule has 2 aromatic rings. The molecule has 0 unspecified atom stereocenters. The zero-order valence-electron chi connectivity index (χ0n) is 21.1. The van der Waals surface area contributed by atoms with Crippen molar-refractivity contribution >= 4 is 18.1 Å². The Kier molecular flexibility index (Phi) is 10.7. The van der Waals surface area contributed by atoms with Gasteiger partial charge in [0.15, 0.2) is 0 Å². The van der Waals surface area contributed by atoms with Gasteiger partial charge >= 0.3 is 12.2 Å². The highest BCUT2D eigenvalue weighted by atomic mass is 16.5. The molecule has 10 heteroatoms. The highest BCUT2D eigenvalue weighted by molar-refractivity contribution is 5.86. The molecule has 3 atom stereocenters. The number of rotatable bonds is 11. The van der Waals surface area contributed by atoms with Crippen LogP contribution in [-0.4, -0.2) is 65.2 Å². The number of aliphatic hydroxyl groups excluding tert-OH is 1. The van der Waals surface area contributed by atoms with E-state index in [0.717, 1.165) is 11.1 Å². The van der Waals surface area contributed by atoms with Crippen LogP contribution in [0.1, 0.15) is 31.9 Å². The van der Waals surface area contributed by atoms with E-state index in [4.69, 9.17) is 0 Å². The minimum Gasteiger partial charge on any atom is -0.465 e. The summed E-state index contributed by atoms with van der Waals surface area (Å²) in [6.07, 6.45) is -2.90. The highest BCUT2D eigenvalue weighted by Crippen LogP contribution is 2.20. The van der Waals surface area contributed by atoms with Crippen LogP contribution in [0.4, 0.5) is 9.59 Å². The predicted octanol–water partition coefficient (Wildman–Crippen LogP) is 2.53. The molecular weight excluding hydrogens is 464 g/mol. The number of hydrogen-bond donors (Lipinski definition) is 5. The van der Waals surface area contributed by atoms with E-state index in [1.165, 1.54) is 12.1 Å². The molecule has 0 saturated carbocycles. The van der Waals surface area contributed by atoms with Gasteiger partial charge in [-0.05, 0) is 23.0 Å². The number of amides is 3. The van der Waals surface area contributed by atoms with Crippen LogP contribution in [0.25, 0.3) is 0 Å². The Morgan fingerprint density at radius 1 is 0.944 bits per heavy atom. The summed E-state index contributed by atoms with van der Waals surface area (Å²) in [5.41, 5.74) is 3.87. The average Bonchev–Trinajstić information content (AvgIpc) is 2.82. The van der Waals surface area contributed by atoms with Gasteiger partial charge in [-0.2, -0.15) is 0 Å². The maximum absolute atomic E-state index is 13.2. The molecule has 0 fully saturated rings. The van der Waals surface area contributed by atoms with Crippen LogP contribution in [0.2, 0.25) is 0 Å². The first-order valence-electron chi connectivity index (χ1n) is 11.6. The van der Waals surface area contributed by atoms with Crippen molar-refractivity contribution in [2.24, 2.45) is 5.41 Å². The number of carboxylic acid groups (broad SMARTS) is 1. The molecule has 0 saturated heterocycles. The van der Waals surface area contributed by atoms with Crippen LogP contribution in [0.3, 0.4) is 0 Å². The Bertz CT molecular complexity index is 981. The molecule has 5 N–H and O–H groups in total. The summed E-state index contributed by atoms with van der Waals surface area (Å²) in [7, 11) is 1.22. The third kappa shape index (κ3) is 9.55. The predicted molar refractivity (Wildman–Crippen MR) is 135 cm³/mol. The van der Waals surface area contributed by atoms with Crippen LogP contribution < -0.4 is 16.1 Å². The van der Waals surface area contributed by atoms with Crippen LogP contribution in [-0.2, 0) is 22.5 Å². The lowest BCUT2D eigenvalue weighted by Crippen LogP contribution is -2.59. The number of carbonyl (C=O) groups is 3. The Labute approximate surface area is 211 Å². The number of ether oxygens (including phenoxy) is 1. The van der Waals surface area contributed by atoms with Crippen molar-refractivity contribution in [3.63, 3.8) is 0 Å². The molecule has 36 heavy (non-hydrogen) atoms. The zero-order valence-corrected chi connectivity index (χ0v) is 21.1. The second-order valence-electron chi connectivity index (χ2n) is 9.59. The molecule has 196 valence electrons. The van der Waals surface area contributed by atoms with Gasteiger partial charge < -0.3 is 25.6 Å². The fraction of sp³-hybridized carbons (Fsp3) is 0.423. The first-order chi connectivity index (χ1) is 17.0. The summed E-state index contributed by atoms with van der Waals surface area (Å²) < 4.78 is 4.67. The lowest BCUT2D eigenvalue weighted by Gasteiger charge is -2.34. The standard InChI is InChI=1S/C26H36N4O6/c1-26(2,3)22(28-25(35)36-4)23(32)29-30(16-19-13-9-6-10-14-19)17-21(31)20(27-24(33)34)15-18-11-7-5-8-12-18/h5-14,20-22,27,31H,15-17H2,1-4H3,(H,28,35)(H,29,32)(H,33,34)/t20-,21+,22+/m0/s1. The maximum atomic E-state index is 13.2. The van der Waals surface area contributed by atoms with E-state index in [1.807, 2.05) is 60.7 Å². The van der Waals surface area contributed by atoms with E-state index >= 15 is 0 Å². The maximum Gasteiger partial charge on any atom is 0.407 e. The van der Waals surface area contributed by atoms with Gasteiger partial charge in [0.1, 0.15) is 6.04 Å². The third-order valence-corrected chi connectivity index (χ3v) is 5.54. The molecule has 2 aromatic carbocycles. The SMILES string of the molecule is COC(=O)N[C@H](C(=O)NN(Cc1ccccc1)C[C@@H](O)[C@H](Cc1ccccc1)NC(=O)O)C(C)(C)C. The molecule has 0 bridgehead atoms. The van der Waals surface area contributed by atoms with Crippen molar-refractivity contribution in [3.8, 4) is 0 Å². The number of alkyl carbamates (subject to hydrolysis) is 1. The van der Waals surface area contributed by atoms with E-state index < -0.39 is 41.7 Å². The summed E-state index contributed by atoms with van der Waals surface area (Å²) in [5, 5.41) is 26.9. The number of nitrogens with one attached hydrogen (secondary N) is 3. The Morgan fingerprint density at radius 2 is 1.50 bits per heavy atom. The molecule has 0 radical (unpaired) electrons. The lowest BCUT2D eigenvalue weighted by atomic mass is 9.86. The molecule has 0 aliphatic rings. The van der Waals surface area contributed by atoms with Crippen molar-refractivity contribution in [1.29, 1.82) is 0 Å². The molecule has 0 aliphatic heterocycles. The first-order valence-corrected chi connectivity index (χ1v) is 11.6. The monoisotopic (exact) mass is 500 g/mol. The normalized spacial score (nSPS) is 13.8. The van der Waals surface area contributed by atoms with Gasteiger partial charge in [-0.15, -0.1) is 0 Å². The van der Waals surface area contributed by atoms with Crippen LogP contribution in [0.5, 0.6) is 0 Å². The van der Waals surface area contributed by atoms with Crippen molar-refractivity contribution in [2.45, 2.75) is 51.9 Å². The van der Waals surface area contributed by atoms with Gasteiger partial charge in [-0.3, -0.25) is 10.2 Å². The molecule has 0 aliphatic carbocycles. The Balaban J connectivity index is 2.25. The smallest absolute Gasteiger partial charge is 0.407 e. The number of benzene rings is 2. The fourth-order valence-electron chi connectivity index (χ4n) is 3.69. The lowest BCUT2D eigenvalue weighted by molar-refractivity contribution is -0.131. The van der Waals surface area contributed by atoms with Crippen LogP contribution >= 0.6 is 0 Å². The Hall–Kier alpha value is -3.63. The van der Waals surface area contributed by atoms with Gasteiger partial charge in [0, 0.05) is 13.1 Å². The zero-order chi connectivity index (χ0) is 26.7. The van der Waals surface area contributed by atoms with Gasteiger partial charge in [-0.25, -0.2) is 14.6 Å². The molecule has 10 nitrogen and oxygen atoms in total. The van der Waals surface area contributed by atoms with Crippen molar-refractivity contribution in [1.82, 2.24) is 21.1 Å². The second-order valence-corrected chi connectivity index (χ2v) is 9.59. The summed E-state index contributed by atoms with van der Waals surface area (Å²) in [5.74, 6) is -0.498. The molecular formula is C26H36N4O6. The average molecular weight is 501 g/mol. The van der Waals surface area contributed by atoms with Gasteiger partial charge in [0.25, 0.3) is 5.91 Å². The highest BCUT2D eigenvalue weighted by Gasteiger charge is 2.34. The van der Waals surface area contributed by atoms with E-state index in [1.54, 1.807) is 20.8 Å². The van der Waals surface area contributed by atoms with Crippen molar-refractivity contribution in [2.75, 3.05) is 13.7 Å². The first kappa shape index (κ1) is 28.6. The quantitative estimate of drug-likeness (QED) is 0.299. The largest absolute Gasteiger partial charge is 0.465 e. The molecule has 0 aromatic heterocycles. The molecule has 0 spiro atoms. The van der Waals surface area contributed by atoms with E-state index in [0.29, 0.717) is 0 Å². The summed E-state index contributed by atoms with van der Waals surface area (Å²) >= 11 is 0. The van der Waals surface area contributed by atoms with Gasteiger partial charge in [0.05, 0.1) is 19.3 Å². The fourth-order valence-corrected chi connectivity index (χ4v) is 3.69. The second kappa shape index (κ2) is 13.5. The van der Waals surface area contributed by atoms with Crippen molar-refractivity contribution < 1.29 is 29.3 Å². The van der Waals surface area contributed by atoms with Crippen molar-refractivity contribution in [3.05, 3.63) is 71.8 Å². The molecule has 2 rings (SSSR count). The van der Waals surface area contributed by atoms with E-state index in [9.17, 15) is 24.6 Å². The number of hydrazine groups is 1. The van der Waals surface area contributed by atoms with E-state index in [-0.39, 0.29) is 19.5 Å². The number of carbonyl (C=O) groups excluding carboxylic acids is 2. The minimum atomic E-state index is -1.26. The van der Waals surface area contributed by atoms with Crippen LogP contribution in [0.15, 0.2) is 60.7 Å². The number of aliphatic hydroxyl groups is 1. The summed E-state index contributed by atoms with van der Waals surface area (Å²) in [4.78, 5) is 36.5. The number of methoxy groups -OCH3 is 1. The van der Waals surface area contributed by atoms with Gasteiger partial charge in [0.2, 0.25) is 0 Å². The Morgan fingerprint density at radius 3 is 2.00 bits per heavy atom.